The van der Waals surface area contributed by atoms with E-state index in [0.717, 1.165) is 34.4 Å². The first-order chi connectivity index (χ1) is 10.2. The SMILES string of the molecule is CN1C2CCCC1CC(Nc1cc3[nH]ncc3cc1N)C2. The Morgan fingerprint density at radius 3 is 2.81 bits per heavy atom. The quantitative estimate of drug-likeness (QED) is 0.742. The number of nitrogens with two attached hydrogens (primary N) is 1. The maximum absolute atomic E-state index is 6.19. The summed E-state index contributed by atoms with van der Waals surface area (Å²) in [7, 11) is 2.29. The number of nitrogens with zero attached hydrogens (tertiary/aromatic N) is 2. The van der Waals surface area contributed by atoms with Crippen molar-refractivity contribution in [2.75, 3.05) is 18.1 Å². The standard InChI is InChI=1S/C16H23N5/c1-21-12-3-2-4-13(21)7-11(6-12)19-16-8-15-10(5-14(16)17)9-18-20-15/h5,8-9,11-13,19H,2-4,6-7,17H2,1H3,(H,18,20). The fraction of sp³-hybridized carbons (Fsp3) is 0.562. The minimum absolute atomic E-state index is 0.527. The van der Waals surface area contributed by atoms with Crippen molar-refractivity contribution < 1.29 is 0 Å². The molecule has 4 rings (SSSR count). The third-order valence-corrected chi connectivity index (χ3v) is 5.31. The van der Waals surface area contributed by atoms with E-state index in [1.54, 1.807) is 0 Å². The topological polar surface area (TPSA) is 70.0 Å². The number of hydrogen-bond acceptors (Lipinski definition) is 4. The van der Waals surface area contributed by atoms with Crippen molar-refractivity contribution in [2.45, 2.75) is 50.2 Å². The van der Waals surface area contributed by atoms with Crippen LogP contribution in [0.3, 0.4) is 0 Å². The van der Waals surface area contributed by atoms with Gasteiger partial charge in [-0.05, 0) is 44.9 Å². The first kappa shape index (κ1) is 13.0. The van der Waals surface area contributed by atoms with Gasteiger partial charge in [0, 0.05) is 23.5 Å². The Hall–Kier alpha value is -1.75. The summed E-state index contributed by atoms with van der Waals surface area (Å²) in [5, 5.41) is 11.8. The number of aromatic nitrogens is 2. The summed E-state index contributed by atoms with van der Waals surface area (Å²) in [6.45, 7) is 0. The van der Waals surface area contributed by atoms with Gasteiger partial charge in [-0.15, -0.1) is 0 Å². The van der Waals surface area contributed by atoms with Crippen LogP contribution in [0.1, 0.15) is 32.1 Å². The van der Waals surface area contributed by atoms with Crippen LogP contribution in [0.15, 0.2) is 18.3 Å². The molecule has 1 aromatic carbocycles. The normalized spacial score (nSPS) is 29.7. The molecule has 21 heavy (non-hydrogen) atoms. The molecular weight excluding hydrogens is 262 g/mol. The van der Waals surface area contributed by atoms with Gasteiger partial charge in [0.05, 0.1) is 23.1 Å². The van der Waals surface area contributed by atoms with Crippen LogP contribution in [0.25, 0.3) is 10.9 Å². The molecule has 2 atom stereocenters. The average molecular weight is 285 g/mol. The Morgan fingerprint density at radius 2 is 2.05 bits per heavy atom. The summed E-state index contributed by atoms with van der Waals surface area (Å²) < 4.78 is 0. The molecule has 0 radical (unpaired) electrons. The van der Waals surface area contributed by atoms with Crippen LogP contribution in [0.5, 0.6) is 0 Å². The second-order valence-electron chi connectivity index (χ2n) is 6.61. The van der Waals surface area contributed by atoms with Gasteiger partial charge in [0.2, 0.25) is 0 Å². The van der Waals surface area contributed by atoms with E-state index in [1.165, 1.54) is 32.1 Å². The van der Waals surface area contributed by atoms with E-state index < -0.39 is 0 Å². The number of nitrogens with one attached hydrogen (secondary N) is 2. The van der Waals surface area contributed by atoms with Gasteiger partial charge >= 0.3 is 0 Å². The van der Waals surface area contributed by atoms with Crippen molar-refractivity contribution in [1.82, 2.24) is 15.1 Å². The lowest BCUT2D eigenvalue weighted by atomic mass is 9.82. The van der Waals surface area contributed by atoms with Gasteiger partial charge in [0.1, 0.15) is 0 Å². The fourth-order valence-corrected chi connectivity index (χ4v) is 4.09. The number of benzene rings is 1. The van der Waals surface area contributed by atoms with Crippen LogP contribution in [0.2, 0.25) is 0 Å². The number of H-pyrrole nitrogens is 1. The van der Waals surface area contributed by atoms with E-state index in [0.29, 0.717) is 6.04 Å². The highest BCUT2D eigenvalue weighted by Gasteiger charge is 2.35. The number of anilines is 2. The third kappa shape index (κ3) is 2.25. The molecule has 2 bridgehead atoms. The number of piperidine rings is 2. The molecule has 3 heterocycles. The van der Waals surface area contributed by atoms with Gasteiger partial charge in [-0.3, -0.25) is 5.10 Å². The summed E-state index contributed by atoms with van der Waals surface area (Å²) >= 11 is 0. The Labute approximate surface area is 124 Å². The van der Waals surface area contributed by atoms with E-state index in [-0.39, 0.29) is 0 Å². The van der Waals surface area contributed by atoms with Crippen LogP contribution in [-0.2, 0) is 0 Å². The Bertz CT molecular complexity index is 635. The second-order valence-corrected chi connectivity index (χ2v) is 6.61. The average Bonchev–Trinajstić information content (AvgIpc) is 2.87. The molecule has 2 aliphatic rings. The minimum Gasteiger partial charge on any atom is -0.397 e. The largest absolute Gasteiger partial charge is 0.397 e. The smallest absolute Gasteiger partial charge is 0.0672 e. The van der Waals surface area contributed by atoms with E-state index in [2.05, 4.69) is 33.5 Å². The van der Waals surface area contributed by atoms with Crippen LogP contribution >= 0.6 is 0 Å². The van der Waals surface area contributed by atoms with E-state index in [9.17, 15) is 0 Å². The maximum Gasteiger partial charge on any atom is 0.0672 e. The van der Waals surface area contributed by atoms with Crippen molar-refractivity contribution in [1.29, 1.82) is 0 Å². The summed E-state index contributed by atoms with van der Waals surface area (Å²) in [5.74, 6) is 0. The van der Waals surface area contributed by atoms with Crippen LogP contribution < -0.4 is 11.1 Å². The molecule has 2 saturated heterocycles. The lowest BCUT2D eigenvalue weighted by Gasteiger charge is -2.47. The van der Waals surface area contributed by atoms with Gasteiger partial charge in [-0.25, -0.2) is 0 Å². The lowest BCUT2D eigenvalue weighted by Crippen LogP contribution is -2.52. The van der Waals surface area contributed by atoms with Crippen LogP contribution in [0, 0.1) is 0 Å². The van der Waals surface area contributed by atoms with E-state index in [4.69, 9.17) is 5.73 Å². The molecule has 0 saturated carbocycles. The Morgan fingerprint density at radius 1 is 1.29 bits per heavy atom. The second kappa shape index (κ2) is 4.91. The molecule has 5 nitrogen and oxygen atoms in total. The fourth-order valence-electron chi connectivity index (χ4n) is 4.09. The zero-order chi connectivity index (χ0) is 14.4. The molecule has 4 N–H and O–H groups in total. The van der Waals surface area contributed by atoms with Gasteiger partial charge in [0.25, 0.3) is 0 Å². The maximum atomic E-state index is 6.19. The highest BCUT2D eigenvalue weighted by molar-refractivity contribution is 5.88. The summed E-state index contributed by atoms with van der Waals surface area (Å²) in [5.41, 5.74) is 9.09. The minimum atomic E-state index is 0.527. The molecule has 2 aliphatic heterocycles. The molecule has 0 aliphatic carbocycles. The molecule has 1 aromatic heterocycles. The number of rotatable bonds is 2. The number of hydrogen-bond donors (Lipinski definition) is 3. The molecule has 112 valence electrons. The van der Waals surface area contributed by atoms with Crippen LogP contribution in [0.4, 0.5) is 11.4 Å². The summed E-state index contributed by atoms with van der Waals surface area (Å²) in [6, 6.07) is 6.07. The third-order valence-electron chi connectivity index (χ3n) is 5.31. The summed E-state index contributed by atoms with van der Waals surface area (Å²) in [6.07, 6.45) is 8.30. The molecule has 2 unspecified atom stereocenters. The van der Waals surface area contributed by atoms with Crippen molar-refractivity contribution in [3.05, 3.63) is 18.3 Å². The highest BCUT2D eigenvalue weighted by Crippen LogP contribution is 2.35. The Kier molecular flexibility index (Phi) is 3.03. The monoisotopic (exact) mass is 285 g/mol. The van der Waals surface area contributed by atoms with Crippen LogP contribution in [-0.4, -0.2) is 40.3 Å². The Balaban J connectivity index is 1.56. The van der Waals surface area contributed by atoms with Crippen molar-refractivity contribution in [2.24, 2.45) is 0 Å². The number of aromatic amines is 1. The molecule has 2 fully saturated rings. The van der Waals surface area contributed by atoms with E-state index >= 15 is 0 Å². The predicted molar refractivity (Wildman–Crippen MR) is 86.3 cm³/mol. The zero-order valence-corrected chi connectivity index (χ0v) is 12.5. The van der Waals surface area contributed by atoms with Gasteiger partial charge in [0.15, 0.2) is 0 Å². The van der Waals surface area contributed by atoms with Gasteiger partial charge in [-0.1, -0.05) is 6.42 Å². The predicted octanol–water partition coefficient (Wildman–Crippen LogP) is 2.57. The highest BCUT2D eigenvalue weighted by atomic mass is 15.2. The molecular formula is C16H23N5. The molecule has 5 heteroatoms. The lowest BCUT2D eigenvalue weighted by molar-refractivity contribution is 0.0608. The molecule has 0 amide bonds. The van der Waals surface area contributed by atoms with Crippen molar-refractivity contribution in [3.63, 3.8) is 0 Å². The van der Waals surface area contributed by atoms with Crippen molar-refractivity contribution >= 4 is 22.3 Å². The first-order valence-corrected chi connectivity index (χ1v) is 7.92. The van der Waals surface area contributed by atoms with Gasteiger partial charge in [-0.2, -0.15) is 5.10 Å². The molecule has 2 aromatic rings. The first-order valence-electron chi connectivity index (χ1n) is 7.92. The zero-order valence-electron chi connectivity index (χ0n) is 12.5. The van der Waals surface area contributed by atoms with Crippen molar-refractivity contribution in [3.8, 4) is 0 Å². The number of fused-ring (bicyclic) bond motifs is 3. The van der Waals surface area contributed by atoms with Gasteiger partial charge < -0.3 is 16.0 Å². The van der Waals surface area contributed by atoms with E-state index in [1.807, 2.05) is 12.3 Å². The molecule has 0 spiro atoms. The number of nitrogen functional groups attached to an aromatic ring is 1. The summed E-state index contributed by atoms with van der Waals surface area (Å²) in [4.78, 5) is 2.59.